The lowest BCUT2D eigenvalue weighted by atomic mass is 10.1. The van der Waals surface area contributed by atoms with Gasteiger partial charge in [0.1, 0.15) is 5.82 Å². The van der Waals surface area contributed by atoms with Crippen molar-refractivity contribution in [3.63, 3.8) is 0 Å². The van der Waals surface area contributed by atoms with Crippen LogP contribution in [0.1, 0.15) is 15.9 Å². The average molecular weight is 326 g/mol. The van der Waals surface area contributed by atoms with Crippen LogP contribution < -0.4 is 10.2 Å². The first kappa shape index (κ1) is 16.8. The van der Waals surface area contributed by atoms with Gasteiger partial charge in [0.25, 0.3) is 5.91 Å². The van der Waals surface area contributed by atoms with Crippen molar-refractivity contribution in [2.75, 3.05) is 24.3 Å². The second kappa shape index (κ2) is 6.28. The number of nitrogens with zero attached hydrogens (tertiary/aromatic N) is 1. The molecule has 0 aliphatic heterocycles. The van der Waals surface area contributed by atoms with Crippen LogP contribution in [0.15, 0.2) is 42.5 Å². The minimum atomic E-state index is -4.52. The molecule has 1 amide bonds. The summed E-state index contributed by atoms with van der Waals surface area (Å²) in [5.74, 6) is -1.29. The Morgan fingerprint density at radius 1 is 1.09 bits per heavy atom. The number of amides is 1. The first-order valence-corrected chi connectivity index (χ1v) is 6.64. The molecule has 23 heavy (non-hydrogen) atoms. The topological polar surface area (TPSA) is 32.3 Å². The van der Waals surface area contributed by atoms with Crippen molar-refractivity contribution in [3.05, 3.63) is 59.4 Å². The lowest BCUT2D eigenvalue weighted by Gasteiger charge is -2.19. The van der Waals surface area contributed by atoms with Gasteiger partial charge in [0.2, 0.25) is 0 Å². The van der Waals surface area contributed by atoms with Crippen LogP contribution in [0.4, 0.5) is 28.9 Å². The standard InChI is InChI=1S/C16H14F4N2O/c1-22(2)14-7-6-11(16(18,19)20)9-13(14)21-15(23)10-4-3-5-12(17)8-10/h3-9H,1-2H3,(H,21,23). The van der Waals surface area contributed by atoms with Crippen LogP contribution >= 0.6 is 0 Å². The van der Waals surface area contributed by atoms with E-state index in [1.165, 1.54) is 24.3 Å². The molecule has 2 aromatic rings. The van der Waals surface area contributed by atoms with Crippen molar-refractivity contribution in [2.24, 2.45) is 0 Å². The first-order chi connectivity index (χ1) is 10.7. The van der Waals surface area contributed by atoms with E-state index >= 15 is 0 Å². The smallest absolute Gasteiger partial charge is 0.376 e. The zero-order chi connectivity index (χ0) is 17.2. The molecular formula is C16H14F4N2O. The van der Waals surface area contributed by atoms with Gasteiger partial charge in [-0.15, -0.1) is 0 Å². The third-order valence-corrected chi connectivity index (χ3v) is 3.14. The summed E-state index contributed by atoms with van der Waals surface area (Å²) >= 11 is 0. The van der Waals surface area contributed by atoms with Gasteiger partial charge < -0.3 is 10.2 Å². The number of halogens is 4. The van der Waals surface area contributed by atoms with E-state index in [4.69, 9.17) is 0 Å². The number of nitrogens with one attached hydrogen (secondary N) is 1. The third kappa shape index (κ3) is 4.00. The summed E-state index contributed by atoms with van der Waals surface area (Å²) < 4.78 is 51.7. The molecule has 0 saturated carbocycles. The minimum Gasteiger partial charge on any atom is -0.376 e. The van der Waals surface area contributed by atoms with Gasteiger partial charge >= 0.3 is 6.18 Å². The van der Waals surface area contributed by atoms with Crippen LogP contribution in [0.2, 0.25) is 0 Å². The van der Waals surface area contributed by atoms with Gasteiger partial charge in [-0.25, -0.2) is 4.39 Å². The molecule has 0 fully saturated rings. The highest BCUT2D eigenvalue weighted by Crippen LogP contribution is 2.35. The Labute approximate surface area is 130 Å². The summed E-state index contributed by atoms with van der Waals surface area (Å²) in [7, 11) is 3.28. The van der Waals surface area contributed by atoms with Gasteiger partial charge in [0, 0.05) is 19.7 Å². The van der Waals surface area contributed by atoms with E-state index in [0.717, 1.165) is 18.2 Å². The molecule has 2 aromatic carbocycles. The number of hydrogen-bond donors (Lipinski definition) is 1. The zero-order valence-electron chi connectivity index (χ0n) is 12.4. The molecule has 0 heterocycles. The minimum absolute atomic E-state index is 0.000846. The molecule has 0 atom stereocenters. The van der Waals surface area contributed by atoms with Gasteiger partial charge in [-0.2, -0.15) is 13.2 Å². The van der Waals surface area contributed by atoms with Crippen molar-refractivity contribution in [1.82, 2.24) is 0 Å². The maximum Gasteiger partial charge on any atom is 0.416 e. The average Bonchev–Trinajstić information content (AvgIpc) is 2.46. The second-order valence-electron chi connectivity index (χ2n) is 5.09. The molecule has 2 rings (SSSR count). The largest absolute Gasteiger partial charge is 0.416 e. The maximum atomic E-state index is 13.2. The monoisotopic (exact) mass is 326 g/mol. The van der Waals surface area contributed by atoms with Crippen LogP contribution in [-0.4, -0.2) is 20.0 Å². The molecule has 0 radical (unpaired) electrons. The lowest BCUT2D eigenvalue weighted by molar-refractivity contribution is -0.137. The second-order valence-corrected chi connectivity index (χ2v) is 5.09. The lowest BCUT2D eigenvalue weighted by Crippen LogP contribution is -2.18. The highest BCUT2D eigenvalue weighted by Gasteiger charge is 2.31. The van der Waals surface area contributed by atoms with E-state index in [0.29, 0.717) is 5.69 Å². The summed E-state index contributed by atoms with van der Waals surface area (Å²) in [6.07, 6.45) is -4.52. The van der Waals surface area contributed by atoms with Crippen LogP contribution in [0.25, 0.3) is 0 Å². The Morgan fingerprint density at radius 3 is 2.35 bits per heavy atom. The molecule has 122 valence electrons. The molecule has 0 saturated heterocycles. The molecule has 0 aliphatic rings. The van der Waals surface area contributed by atoms with Crippen molar-refractivity contribution in [3.8, 4) is 0 Å². The van der Waals surface area contributed by atoms with E-state index in [1.54, 1.807) is 19.0 Å². The van der Waals surface area contributed by atoms with Crippen LogP contribution in [0.5, 0.6) is 0 Å². The molecule has 0 spiro atoms. The number of anilines is 2. The summed E-state index contributed by atoms with van der Waals surface area (Å²) in [5.41, 5.74) is -0.452. The highest BCUT2D eigenvalue weighted by molar-refractivity contribution is 6.06. The Bertz CT molecular complexity index is 726. The van der Waals surface area contributed by atoms with Crippen LogP contribution in [0.3, 0.4) is 0 Å². The molecule has 0 aliphatic carbocycles. The fourth-order valence-electron chi connectivity index (χ4n) is 2.03. The predicted molar refractivity (Wildman–Crippen MR) is 80.1 cm³/mol. The molecular weight excluding hydrogens is 312 g/mol. The number of benzene rings is 2. The molecule has 0 unspecified atom stereocenters. The summed E-state index contributed by atoms with van der Waals surface area (Å²) in [4.78, 5) is 13.7. The zero-order valence-corrected chi connectivity index (χ0v) is 12.4. The number of alkyl halides is 3. The van der Waals surface area contributed by atoms with Crippen LogP contribution in [-0.2, 0) is 6.18 Å². The molecule has 3 nitrogen and oxygen atoms in total. The van der Waals surface area contributed by atoms with Crippen molar-refractivity contribution in [1.29, 1.82) is 0 Å². The van der Waals surface area contributed by atoms with Crippen molar-refractivity contribution in [2.45, 2.75) is 6.18 Å². The number of hydrogen-bond acceptors (Lipinski definition) is 2. The Balaban J connectivity index is 2.38. The van der Waals surface area contributed by atoms with E-state index < -0.39 is 23.5 Å². The summed E-state index contributed by atoms with van der Waals surface area (Å²) in [5, 5.41) is 2.40. The van der Waals surface area contributed by atoms with Crippen LogP contribution in [0, 0.1) is 5.82 Å². The quantitative estimate of drug-likeness (QED) is 0.859. The molecule has 7 heteroatoms. The third-order valence-electron chi connectivity index (χ3n) is 3.14. The SMILES string of the molecule is CN(C)c1ccc(C(F)(F)F)cc1NC(=O)c1cccc(F)c1. The van der Waals surface area contributed by atoms with E-state index in [2.05, 4.69) is 5.32 Å². The predicted octanol–water partition coefficient (Wildman–Crippen LogP) is 4.16. The van der Waals surface area contributed by atoms with Gasteiger partial charge in [-0.05, 0) is 36.4 Å². The van der Waals surface area contributed by atoms with Gasteiger partial charge in [0.05, 0.1) is 16.9 Å². The number of carbonyl (C=O) groups excluding carboxylic acids is 1. The van der Waals surface area contributed by atoms with Gasteiger partial charge in [-0.3, -0.25) is 4.79 Å². The Kier molecular flexibility index (Phi) is 4.58. The Morgan fingerprint density at radius 2 is 1.78 bits per heavy atom. The number of carbonyl (C=O) groups is 1. The van der Waals surface area contributed by atoms with Crippen molar-refractivity contribution < 1.29 is 22.4 Å². The number of rotatable bonds is 3. The van der Waals surface area contributed by atoms with Crippen molar-refractivity contribution >= 4 is 17.3 Å². The fourth-order valence-corrected chi connectivity index (χ4v) is 2.03. The van der Waals surface area contributed by atoms with Gasteiger partial charge in [0.15, 0.2) is 0 Å². The summed E-state index contributed by atoms with van der Waals surface area (Å²) in [6, 6.07) is 7.97. The fraction of sp³-hybridized carbons (Fsp3) is 0.188. The highest BCUT2D eigenvalue weighted by atomic mass is 19.4. The first-order valence-electron chi connectivity index (χ1n) is 6.64. The Hall–Kier alpha value is -2.57. The molecule has 1 N–H and O–H groups in total. The van der Waals surface area contributed by atoms with Gasteiger partial charge in [-0.1, -0.05) is 6.07 Å². The molecule has 0 aromatic heterocycles. The van der Waals surface area contributed by atoms with E-state index in [-0.39, 0.29) is 11.3 Å². The maximum absolute atomic E-state index is 13.2. The summed E-state index contributed by atoms with van der Waals surface area (Å²) in [6.45, 7) is 0. The van der Waals surface area contributed by atoms with E-state index in [1.807, 2.05) is 0 Å². The normalized spacial score (nSPS) is 11.2. The van der Waals surface area contributed by atoms with E-state index in [9.17, 15) is 22.4 Å². The molecule has 0 bridgehead atoms.